The summed E-state index contributed by atoms with van der Waals surface area (Å²) in [5.41, 5.74) is 0. The largest absolute Gasteiger partial charge is 0.299 e. The van der Waals surface area contributed by atoms with Crippen molar-refractivity contribution in [3.05, 3.63) is 15.6 Å². The number of nitrogens with one attached hydrogen (secondary N) is 2. The summed E-state index contributed by atoms with van der Waals surface area (Å²) in [6, 6.07) is 0. The van der Waals surface area contributed by atoms with Gasteiger partial charge in [-0.15, -0.1) is 10.2 Å². The van der Waals surface area contributed by atoms with Crippen LogP contribution in [0.1, 0.15) is 43.9 Å². The predicted molar refractivity (Wildman–Crippen MR) is 84.0 cm³/mol. The molecule has 0 aliphatic heterocycles. The van der Waals surface area contributed by atoms with Crippen molar-refractivity contribution in [3.8, 4) is 0 Å². The lowest BCUT2D eigenvalue weighted by atomic mass is 10.2. The van der Waals surface area contributed by atoms with Gasteiger partial charge < -0.3 is 0 Å². The number of carbonyl (C=O) groups is 1. The van der Waals surface area contributed by atoms with Crippen molar-refractivity contribution in [2.75, 3.05) is 5.32 Å². The third kappa shape index (κ3) is 3.94. The molecular formula is C12H18N6OS2. The number of aromatic nitrogens is 5. The van der Waals surface area contributed by atoms with Crippen molar-refractivity contribution < 1.29 is 4.79 Å². The fourth-order valence-electron chi connectivity index (χ4n) is 1.75. The Bertz CT molecular complexity index is 671. The molecule has 2 rings (SSSR count). The second-order valence-corrected chi connectivity index (χ2v) is 6.33. The Morgan fingerprint density at radius 2 is 2.24 bits per heavy atom. The van der Waals surface area contributed by atoms with Crippen molar-refractivity contribution in [2.24, 2.45) is 0 Å². The molecule has 2 N–H and O–H groups in total. The van der Waals surface area contributed by atoms with Crippen LogP contribution in [0.15, 0.2) is 0 Å². The molecule has 0 aliphatic rings. The van der Waals surface area contributed by atoms with Crippen LogP contribution in [-0.2, 0) is 17.8 Å². The van der Waals surface area contributed by atoms with Crippen molar-refractivity contribution in [1.29, 1.82) is 0 Å². The maximum Gasteiger partial charge on any atom is 0.246 e. The van der Waals surface area contributed by atoms with Crippen LogP contribution in [0.4, 0.5) is 5.13 Å². The second kappa shape index (κ2) is 6.90. The molecule has 0 bridgehead atoms. The standard InChI is InChI=1S/C12H18N6OS2/c1-4-5-8-14-17-12(20)18(8)6-9(19)13-11-16-15-10(21-11)7(2)3/h7H,4-6H2,1-3H3,(H,17,20)(H,13,16,19). The van der Waals surface area contributed by atoms with Crippen LogP contribution in [0.25, 0.3) is 0 Å². The number of hydrogen-bond acceptors (Lipinski definition) is 6. The molecular weight excluding hydrogens is 308 g/mol. The molecule has 0 saturated heterocycles. The van der Waals surface area contributed by atoms with Crippen molar-refractivity contribution in [2.45, 2.75) is 46.1 Å². The van der Waals surface area contributed by atoms with E-state index in [9.17, 15) is 4.79 Å². The Balaban J connectivity index is 2.04. The van der Waals surface area contributed by atoms with Gasteiger partial charge in [-0.1, -0.05) is 32.1 Å². The molecule has 0 radical (unpaired) electrons. The third-order valence-corrected chi connectivity index (χ3v) is 4.24. The predicted octanol–water partition coefficient (Wildman–Crippen LogP) is 2.51. The lowest BCUT2D eigenvalue weighted by Crippen LogP contribution is -2.20. The van der Waals surface area contributed by atoms with Crippen LogP contribution < -0.4 is 5.32 Å². The highest BCUT2D eigenvalue weighted by atomic mass is 32.1. The number of H-pyrrole nitrogens is 1. The summed E-state index contributed by atoms with van der Waals surface area (Å²) in [7, 11) is 0. The van der Waals surface area contributed by atoms with E-state index < -0.39 is 0 Å². The van der Waals surface area contributed by atoms with E-state index in [0.717, 1.165) is 23.7 Å². The van der Waals surface area contributed by atoms with Crippen molar-refractivity contribution in [1.82, 2.24) is 25.0 Å². The zero-order chi connectivity index (χ0) is 15.4. The zero-order valence-corrected chi connectivity index (χ0v) is 13.8. The van der Waals surface area contributed by atoms with Crippen LogP contribution in [0.5, 0.6) is 0 Å². The van der Waals surface area contributed by atoms with Crippen LogP contribution >= 0.6 is 23.6 Å². The van der Waals surface area contributed by atoms with Gasteiger partial charge in [-0.05, 0) is 18.6 Å². The highest BCUT2D eigenvalue weighted by Gasteiger charge is 2.13. The second-order valence-electron chi connectivity index (χ2n) is 4.93. The first-order valence-electron chi connectivity index (χ1n) is 6.78. The first kappa shape index (κ1) is 15.8. The summed E-state index contributed by atoms with van der Waals surface area (Å²) < 4.78 is 2.16. The Morgan fingerprint density at radius 1 is 1.48 bits per heavy atom. The number of anilines is 1. The van der Waals surface area contributed by atoms with E-state index >= 15 is 0 Å². The number of hydrogen-bond donors (Lipinski definition) is 2. The fourth-order valence-corrected chi connectivity index (χ4v) is 2.73. The molecule has 0 spiro atoms. The van der Waals surface area contributed by atoms with Crippen LogP contribution in [0.3, 0.4) is 0 Å². The molecule has 2 aromatic heterocycles. The smallest absolute Gasteiger partial charge is 0.246 e. The van der Waals surface area contributed by atoms with Gasteiger partial charge >= 0.3 is 0 Å². The van der Waals surface area contributed by atoms with Crippen molar-refractivity contribution >= 4 is 34.6 Å². The highest BCUT2D eigenvalue weighted by Crippen LogP contribution is 2.22. The molecule has 0 unspecified atom stereocenters. The topological polar surface area (TPSA) is 88.5 Å². The molecule has 0 atom stereocenters. The number of carbonyl (C=O) groups excluding carboxylic acids is 1. The number of nitrogens with zero attached hydrogens (tertiary/aromatic N) is 4. The average Bonchev–Trinajstić information content (AvgIpc) is 3.01. The van der Waals surface area contributed by atoms with Crippen LogP contribution in [0.2, 0.25) is 0 Å². The Hall–Kier alpha value is -1.61. The normalized spacial score (nSPS) is 11.0. The third-order valence-electron chi connectivity index (χ3n) is 2.79. The van der Waals surface area contributed by atoms with E-state index in [2.05, 4.69) is 32.6 Å². The quantitative estimate of drug-likeness (QED) is 0.796. The molecule has 21 heavy (non-hydrogen) atoms. The first-order valence-corrected chi connectivity index (χ1v) is 8.01. The average molecular weight is 326 g/mol. The number of rotatable bonds is 6. The lowest BCUT2D eigenvalue weighted by Gasteiger charge is -2.05. The van der Waals surface area contributed by atoms with Gasteiger partial charge in [0, 0.05) is 12.3 Å². The fraction of sp³-hybridized carbons (Fsp3) is 0.583. The van der Waals surface area contributed by atoms with Gasteiger partial charge in [0.1, 0.15) is 17.4 Å². The SMILES string of the molecule is CCCc1n[nH]c(=S)n1CC(=O)Nc1nnc(C(C)C)s1. The maximum absolute atomic E-state index is 12.1. The Kier molecular flexibility index (Phi) is 5.18. The molecule has 7 nitrogen and oxygen atoms in total. The molecule has 2 heterocycles. The van der Waals surface area contributed by atoms with Gasteiger partial charge in [0.15, 0.2) is 4.77 Å². The monoisotopic (exact) mass is 326 g/mol. The van der Waals surface area contributed by atoms with E-state index in [0.29, 0.717) is 15.8 Å². The highest BCUT2D eigenvalue weighted by molar-refractivity contribution is 7.71. The zero-order valence-electron chi connectivity index (χ0n) is 12.2. The van der Waals surface area contributed by atoms with Gasteiger partial charge in [-0.2, -0.15) is 5.10 Å². The molecule has 9 heteroatoms. The molecule has 0 saturated carbocycles. The summed E-state index contributed by atoms with van der Waals surface area (Å²) in [4.78, 5) is 12.1. The summed E-state index contributed by atoms with van der Waals surface area (Å²) in [5, 5.41) is 19.0. The first-order chi connectivity index (χ1) is 10.0. The summed E-state index contributed by atoms with van der Waals surface area (Å²) in [6.45, 7) is 6.25. The summed E-state index contributed by atoms with van der Waals surface area (Å²) in [5.74, 6) is 0.904. The molecule has 114 valence electrons. The van der Waals surface area contributed by atoms with E-state index in [1.165, 1.54) is 11.3 Å². The van der Waals surface area contributed by atoms with Gasteiger partial charge in [0.2, 0.25) is 11.0 Å². The van der Waals surface area contributed by atoms with Gasteiger partial charge in [-0.25, -0.2) is 0 Å². The molecule has 0 aromatic carbocycles. The van der Waals surface area contributed by atoms with Crippen LogP contribution in [0, 0.1) is 4.77 Å². The van der Waals surface area contributed by atoms with E-state index in [1.54, 1.807) is 4.57 Å². The lowest BCUT2D eigenvalue weighted by molar-refractivity contribution is -0.116. The number of aryl methyl sites for hydroxylation is 1. The maximum atomic E-state index is 12.1. The summed E-state index contributed by atoms with van der Waals surface area (Å²) >= 11 is 6.54. The minimum atomic E-state index is -0.184. The molecule has 0 aliphatic carbocycles. The van der Waals surface area contributed by atoms with Gasteiger partial charge in [-0.3, -0.25) is 19.8 Å². The Morgan fingerprint density at radius 3 is 2.86 bits per heavy atom. The number of aromatic amines is 1. The van der Waals surface area contributed by atoms with E-state index in [-0.39, 0.29) is 12.5 Å². The Labute approximate surface area is 131 Å². The molecule has 0 fully saturated rings. The van der Waals surface area contributed by atoms with Gasteiger partial charge in [0.25, 0.3) is 0 Å². The minimum Gasteiger partial charge on any atom is -0.299 e. The van der Waals surface area contributed by atoms with Gasteiger partial charge in [0.05, 0.1) is 0 Å². The van der Waals surface area contributed by atoms with E-state index in [1.807, 2.05) is 13.8 Å². The number of amides is 1. The van der Waals surface area contributed by atoms with E-state index in [4.69, 9.17) is 12.2 Å². The van der Waals surface area contributed by atoms with Crippen molar-refractivity contribution in [3.63, 3.8) is 0 Å². The summed E-state index contributed by atoms with van der Waals surface area (Å²) in [6.07, 6.45) is 1.71. The van der Waals surface area contributed by atoms with Crippen LogP contribution in [-0.4, -0.2) is 30.9 Å². The molecule has 1 amide bonds. The molecule has 2 aromatic rings. The minimum absolute atomic E-state index is 0.126.